The first-order valence-electron chi connectivity index (χ1n) is 6.86. The van der Waals surface area contributed by atoms with E-state index in [2.05, 4.69) is 10.6 Å². The maximum atomic E-state index is 12.1. The number of benzene rings is 1. The van der Waals surface area contributed by atoms with E-state index < -0.39 is 6.04 Å². The molecule has 2 rings (SSSR count). The van der Waals surface area contributed by atoms with Gasteiger partial charge in [0.1, 0.15) is 6.04 Å². The molecule has 2 amide bonds. The third kappa shape index (κ3) is 3.51. The fourth-order valence-electron chi connectivity index (χ4n) is 2.30. The van der Waals surface area contributed by atoms with E-state index in [9.17, 15) is 9.59 Å². The summed E-state index contributed by atoms with van der Waals surface area (Å²) in [7, 11) is 0. The van der Waals surface area contributed by atoms with Crippen molar-refractivity contribution in [2.24, 2.45) is 5.92 Å². The molecule has 0 aliphatic heterocycles. The van der Waals surface area contributed by atoms with Crippen LogP contribution in [-0.2, 0) is 9.59 Å². The van der Waals surface area contributed by atoms with Crippen LogP contribution in [0.4, 0.5) is 0 Å². The highest BCUT2D eigenvalue weighted by Gasteiger charge is 2.44. The molecule has 0 radical (unpaired) electrons. The molecule has 1 aromatic rings. The molecule has 0 saturated heterocycles. The van der Waals surface area contributed by atoms with Crippen LogP contribution in [0, 0.1) is 5.92 Å². The van der Waals surface area contributed by atoms with Crippen LogP contribution in [-0.4, -0.2) is 24.4 Å². The van der Waals surface area contributed by atoms with Crippen LogP contribution in [0.5, 0.6) is 0 Å². The second-order valence-corrected chi connectivity index (χ2v) is 5.56. The number of halogens is 1. The lowest BCUT2D eigenvalue weighted by atomic mass is 10.1. The quantitative estimate of drug-likeness (QED) is 0.873. The average molecular weight is 295 g/mol. The monoisotopic (exact) mass is 294 g/mol. The van der Waals surface area contributed by atoms with Crippen LogP contribution in [0.3, 0.4) is 0 Å². The Morgan fingerprint density at radius 3 is 2.85 bits per heavy atom. The van der Waals surface area contributed by atoms with Crippen molar-refractivity contribution in [1.82, 2.24) is 10.6 Å². The van der Waals surface area contributed by atoms with Gasteiger partial charge in [0, 0.05) is 17.5 Å². The Morgan fingerprint density at radius 1 is 1.45 bits per heavy atom. The Bertz CT molecular complexity index is 518. The maximum absolute atomic E-state index is 12.1. The molecule has 0 spiro atoms. The van der Waals surface area contributed by atoms with E-state index in [1.165, 1.54) is 0 Å². The lowest BCUT2D eigenvalue weighted by Crippen LogP contribution is -2.45. The molecule has 108 valence electrons. The first-order chi connectivity index (χ1) is 9.52. The average Bonchev–Trinajstić information content (AvgIpc) is 3.19. The number of hydrogen-bond acceptors (Lipinski definition) is 2. The van der Waals surface area contributed by atoms with E-state index in [0.717, 1.165) is 12.0 Å². The van der Waals surface area contributed by atoms with Crippen molar-refractivity contribution in [3.8, 4) is 0 Å². The van der Waals surface area contributed by atoms with Gasteiger partial charge in [-0.15, -0.1) is 0 Å². The fourth-order valence-corrected chi connectivity index (χ4v) is 2.50. The second-order valence-electron chi connectivity index (χ2n) is 5.13. The van der Waals surface area contributed by atoms with Gasteiger partial charge in [0.15, 0.2) is 0 Å². The summed E-state index contributed by atoms with van der Waals surface area (Å²) in [6.07, 6.45) is 0.814. The highest BCUT2D eigenvalue weighted by molar-refractivity contribution is 6.30. The van der Waals surface area contributed by atoms with Gasteiger partial charge in [0.25, 0.3) is 0 Å². The Hall–Kier alpha value is -1.55. The number of rotatable bonds is 5. The van der Waals surface area contributed by atoms with Crippen LogP contribution in [0.1, 0.15) is 31.7 Å². The molecule has 1 fully saturated rings. The number of carbonyl (C=O) groups is 2. The van der Waals surface area contributed by atoms with Crippen LogP contribution >= 0.6 is 11.6 Å². The fraction of sp³-hybridized carbons (Fsp3) is 0.467. The second kappa shape index (κ2) is 6.27. The van der Waals surface area contributed by atoms with E-state index >= 15 is 0 Å². The number of hydrogen-bond donors (Lipinski definition) is 2. The van der Waals surface area contributed by atoms with Gasteiger partial charge in [0.05, 0.1) is 0 Å². The highest BCUT2D eigenvalue weighted by Crippen LogP contribution is 2.47. The third-order valence-electron chi connectivity index (χ3n) is 3.51. The van der Waals surface area contributed by atoms with Gasteiger partial charge in [-0.25, -0.2) is 0 Å². The first-order valence-corrected chi connectivity index (χ1v) is 7.24. The molecular weight excluding hydrogens is 276 g/mol. The molecule has 0 unspecified atom stereocenters. The van der Waals surface area contributed by atoms with Gasteiger partial charge < -0.3 is 10.6 Å². The van der Waals surface area contributed by atoms with Gasteiger partial charge in [-0.1, -0.05) is 23.7 Å². The molecule has 20 heavy (non-hydrogen) atoms. The Balaban J connectivity index is 1.88. The van der Waals surface area contributed by atoms with Gasteiger partial charge >= 0.3 is 0 Å². The van der Waals surface area contributed by atoms with Crippen LogP contribution < -0.4 is 10.6 Å². The molecular formula is C15H19ClN2O2. The molecule has 0 bridgehead atoms. The van der Waals surface area contributed by atoms with Gasteiger partial charge in [-0.2, -0.15) is 0 Å². The van der Waals surface area contributed by atoms with Crippen molar-refractivity contribution in [1.29, 1.82) is 0 Å². The summed E-state index contributed by atoms with van der Waals surface area (Å²) in [5, 5.41) is 6.13. The molecule has 0 heterocycles. The number of likely N-dealkylation sites (N-methyl/N-ethyl adjacent to an activating group) is 1. The Labute approximate surface area is 123 Å². The van der Waals surface area contributed by atoms with E-state index in [0.29, 0.717) is 11.6 Å². The predicted molar refractivity (Wildman–Crippen MR) is 78.6 cm³/mol. The molecule has 1 saturated carbocycles. The third-order valence-corrected chi connectivity index (χ3v) is 3.74. The summed E-state index contributed by atoms with van der Waals surface area (Å²) in [5.41, 5.74) is 1.09. The van der Waals surface area contributed by atoms with Crippen molar-refractivity contribution in [2.45, 2.75) is 32.2 Å². The lowest BCUT2D eigenvalue weighted by Gasteiger charge is -2.13. The molecule has 5 heteroatoms. The standard InChI is InChI=1S/C15H19ClN2O2/c1-3-17-14(19)9(2)18-15(20)13-8-12(13)10-5-4-6-11(16)7-10/h4-7,9,12-13H,3,8H2,1-2H3,(H,17,19)(H,18,20)/t9-,12-,13-/m0/s1. The van der Waals surface area contributed by atoms with Gasteiger partial charge in [-0.3, -0.25) is 9.59 Å². The van der Waals surface area contributed by atoms with Crippen molar-refractivity contribution in [3.63, 3.8) is 0 Å². The molecule has 0 aromatic heterocycles. The van der Waals surface area contributed by atoms with Crippen molar-refractivity contribution < 1.29 is 9.59 Å². The van der Waals surface area contributed by atoms with Gasteiger partial charge in [0.2, 0.25) is 11.8 Å². The van der Waals surface area contributed by atoms with E-state index in [1.54, 1.807) is 6.92 Å². The van der Waals surface area contributed by atoms with Crippen LogP contribution in [0.25, 0.3) is 0 Å². The number of carbonyl (C=O) groups excluding carboxylic acids is 2. The summed E-state index contributed by atoms with van der Waals surface area (Å²) in [6.45, 7) is 4.11. The van der Waals surface area contributed by atoms with E-state index in [1.807, 2.05) is 31.2 Å². The lowest BCUT2D eigenvalue weighted by molar-refractivity contribution is -0.129. The minimum Gasteiger partial charge on any atom is -0.355 e. The normalized spacial score (nSPS) is 21.9. The van der Waals surface area contributed by atoms with Crippen molar-refractivity contribution >= 4 is 23.4 Å². The molecule has 2 N–H and O–H groups in total. The van der Waals surface area contributed by atoms with Crippen molar-refractivity contribution in [2.75, 3.05) is 6.54 Å². The Morgan fingerprint density at radius 2 is 2.20 bits per heavy atom. The first kappa shape index (κ1) is 14.9. The predicted octanol–water partition coefficient (Wildman–Crippen LogP) is 2.08. The molecule has 1 aliphatic carbocycles. The summed E-state index contributed by atoms with van der Waals surface area (Å²) < 4.78 is 0. The number of nitrogens with one attached hydrogen (secondary N) is 2. The molecule has 1 aliphatic rings. The zero-order chi connectivity index (χ0) is 14.7. The molecule has 1 aromatic carbocycles. The largest absolute Gasteiger partial charge is 0.355 e. The topological polar surface area (TPSA) is 58.2 Å². The van der Waals surface area contributed by atoms with Crippen LogP contribution in [0.15, 0.2) is 24.3 Å². The minimum atomic E-state index is -0.497. The zero-order valence-corrected chi connectivity index (χ0v) is 12.4. The SMILES string of the molecule is CCNC(=O)[C@H](C)NC(=O)[C@H]1C[C@H]1c1cccc(Cl)c1. The number of amides is 2. The minimum absolute atomic E-state index is 0.0506. The summed E-state index contributed by atoms with van der Waals surface area (Å²) in [6, 6.07) is 7.09. The van der Waals surface area contributed by atoms with Crippen LogP contribution in [0.2, 0.25) is 5.02 Å². The smallest absolute Gasteiger partial charge is 0.242 e. The van der Waals surface area contributed by atoms with E-state index in [4.69, 9.17) is 11.6 Å². The Kier molecular flexibility index (Phi) is 4.65. The van der Waals surface area contributed by atoms with Gasteiger partial charge in [-0.05, 0) is 43.9 Å². The summed E-state index contributed by atoms with van der Waals surface area (Å²) in [5.74, 6) is -0.0463. The summed E-state index contributed by atoms with van der Waals surface area (Å²) >= 11 is 5.95. The van der Waals surface area contributed by atoms with E-state index in [-0.39, 0.29) is 23.7 Å². The summed E-state index contributed by atoms with van der Waals surface area (Å²) in [4.78, 5) is 23.6. The zero-order valence-electron chi connectivity index (χ0n) is 11.7. The highest BCUT2D eigenvalue weighted by atomic mass is 35.5. The van der Waals surface area contributed by atoms with Crippen molar-refractivity contribution in [3.05, 3.63) is 34.9 Å². The molecule has 3 atom stereocenters. The molecule has 4 nitrogen and oxygen atoms in total. The maximum Gasteiger partial charge on any atom is 0.242 e.